The van der Waals surface area contributed by atoms with Crippen LogP contribution in [0.2, 0.25) is 0 Å². The Morgan fingerprint density at radius 3 is 2.48 bits per heavy atom. The molecule has 0 aromatic rings. The normalized spacial score (nSPS) is 32.4. The summed E-state index contributed by atoms with van der Waals surface area (Å²) in [4.78, 5) is 4.91. The van der Waals surface area contributed by atoms with Crippen LogP contribution in [0, 0.1) is 5.92 Å². The van der Waals surface area contributed by atoms with Crippen molar-refractivity contribution >= 4 is 10.0 Å². The predicted molar refractivity (Wildman–Crippen MR) is 91.0 cm³/mol. The average molecular weight is 346 g/mol. The smallest absolute Gasteiger partial charge is 0.214 e. The van der Waals surface area contributed by atoms with Crippen LogP contribution in [0.4, 0.5) is 0 Å². The molecule has 3 rings (SSSR count). The lowest BCUT2D eigenvalue weighted by Crippen LogP contribution is -2.53. The maximum atomic E-state index is 12.5. The summed E-state index contributed by atoms with van der Waals surface area (Å²) in [5, 5.41) is 0. The van der Waals surface area contributed by atoms with E-state index in [2.05, 4.69) is 16.8 Å². The van der Waals surface area contributed by atoms with Crippen molar-refractivity contribution in [2.45, 2.75) is 31.7 Å². The van der Waals surface area contributed by atoms with Crippen molar-refractivity contribution in [1.29, 1.82) is 0 Å². The Kier molecular flexibility index (Phi) is 5.96. The highest BCUT2D eigenvalue weighted by atomic mass is 32.2. The number of likely N-dealkylation sites (tertiary alicyclic amines) is 1. The van der Waals surface area contributed by atoms with E-state index in [1.807, 2.05) is 0 Å². The largest absolute Gasteiger partial charge is 0.381 e. The third-order valence-electron chi connectivity index (χ3n) is 5.59. The second-order valence-corrected chi connectivity index (χ2v) is 9.35. The Morgan fingerprint density at radius 1 is 1.04 bits per heavy atom. The van der Waals surface area contributed by atoms with E-state index in [0.29, 0.717) is 32.3 Å². The number of nitrogens with zero attached hydrogens (tertiary/aromatic N) is 3. The van der Waals surface area contributed by atoms with Gasteiger partial charge in [-0.1, -0.05) is 6.42 Å². The van der Waals surface area contributed by atoms with Gasteiger partial charge in [-0.25, -0.2) is 8.42 Å². The first kappa shape index (κ1) is 17.6. The minimum Gasteiger partial charge on any atom is -0.381 e. The molecule has 0 saturated carbocycles. The van der Waals surface area contributed by atoms with Crippen molar-refractivity contribution in [2.75, 3.05) is 65.3 Å². The number of hydrogen-bond acceptors (Lipinski definition) is 5. The molecule has 0 aromatic heterocycles. The van der Waals surface area contributed by atoms with E-state index in [-0.39, 0.29) is 11.7 Å². The van der Waals surface area contributed by atoms with E-state index in [1.54, 1.807) is 4.31 Å². The van der Waals surface area contributed by atoms with E-state index < -0.39 is 10.0 Å². The first-order valence-electron chi connectivity index (χ1n) is 9.03. The van der Waals surface area contributed by atoms with Gasteiger partial charge in [0.2, 0.25) is 10.0 Å². The van der Waals surface area contributed by atoms with Crippen LogP contribution in [0.25, 0.3) is 0 Å². The second-order valence-electron chi connectivity index (χ2n) is 7.34. The SMILES string of the molecule is CN1CCCCC1CN1CCN(S(=O)(=O)CC2CCOC2)CC1. The van der Waals surface area contributed by atoms with Crippen LogP contribution in [0.5, 0.6) is 0 Å². The molecule has 0 radical (unpaired) electrons. The van der Waals surface area contributed by atoms with Crippen molar-refractivity contribution in [2.24, 2.45) is 5.92 Å². The summed E-state index contributed by atoms with van der Waals surface area (Å²) >= 11 is 0. The average Bonchev–Trinajstić information content (AvgIpc) is 3.02. The second kappa shape index (κ2) is 7.78. The molecule has 3 fully saturated rings. The van der Waals surface area contributed by atoms with Gasteiger partial charge >= 0.3 is 0 Å². The molecule has 3 heterocycles. The van der Waals surface area contributed by atoms with Gasteiger partial charge in [-0.15, -0.1) is 0 Å². The Balaban J connectivity index is 1.45. The molecule has 0 N–H and O–H groups in total. The lowest BCUT2D eigenvalue weighted by Gasteiger charge is -2.40. The predicted octanol–water partition coefficient (Wildman–Crippen LogP) is 0.455. The van der Waals surface area contributed by atoms with Crippen molar-refractivity contribution in [3.63, 3.8) is 0 Å². The third kappa shape index (κ3) is 4.66. The first-order chi connectivity index (χ1) is 11.0. The summed E-state index contributed by atoms with van der Waals surface area (Å²) in [7, 11) is -0.901. The van der Waals surface area contributed by atoms with Gasteiger partial charge in [-0.05, 0) is 38.8 Å². The third-order valence-corrected chi connectivity index (χ3v) is 7.63. The van der Waals surface area contributed by atoms with E-state index in [0.717, 1.165) is 26.1 Å². The lowest BCUT2D eigenvalue weighted by molar-refractivity contribution is 0.106. The number of rotatable bonds is 5. The summed E-state index contributed by atoms with van der Waals surface area (Å²) in [6.07, 6.45) is 4.79. The van der Waals surface area contributed by atoms with E-state index in [9.17, 15) is 8.42 Å². The van der Waals surface area contributed by atoms with Gasteiger partial charge in [-0.3, -0.25) is 4.90 Å². The molecule has 7 heteroatoms. The van der Waals surface area contributed by atoms with Crippen LogP contribution in [0.15, 0.2) is 0 Å². The van der Waals surface area contributed by atoms with Crippen LogP contribution in [0.1, 0.15) is 25.7 Å². The van der Waals surface area contributed by atoms with Crippen LogP contribution in [-0.4, -0.2) is 93.8 Å². The van der Waals surface area contributed by atoms with Gasteiger partial charge in [0, 0.05) is 45.4 Å². The minimum absolute atomic E-state index is 0.189. The van der Waals surface area contributed by atoms with Crippen LogP contribution in [0.3, 0.4) is 0 Å². The fourth-order valence-electron chi connectivity index (χ4n) is 3.98. The van der Waals surface area contributed by atoms with E-state index in [4.69, 9.17) is 4.74 Å². The molecule has 3 aliphatic rings. The zero-order chi connectivity index (χ0) is 16.3. The lowest BCUT2D eigenvalue weighted by atomic mass is 10.0. The van der Waals surface area contributed by atoms with Gasteiger partial charge in [0.1, 0.15) is 0 Å². The standard InChI is InChI=1S/C16H31N3O3S/c1-17-6-3-2-4-16(17)12-18-7-9-19(10-8-18)23(20,21)14-15-5-11-22-13-15/h15-16H,2-14H2,1H3. The number of piperazine rings is 1. The number of piperidine rings is 1. The number of ether oxygens (including phenoxy) is 1. The molecular weight excluding hydrogens is 314 g/mol. The Morgan fingerprint density at radius 2 is 1.83 bits per heavy atom. The summed E-state index contributed by atoms with van der Waals surface area (Å²) in [5.41, 5.74) is 0. The summed E-state index contributed by atoms with van der Waals surface area (Å²) in [6, 6.07) is 0.641. The van der Waals surface area contributed by atoms with E-state index >= 15 is 0 Å². The minimum atomic E-state index is -3.12. The topological polar surface area (TPSA) is 53.1 Å². The summed E-state index contributed by atoms with van der Waals surface area (Å²) < 4.78 is 32.1. The molecule has 0 bridgehead atoms. The molecule has 0 aromatic carbocycles. The fourth-order valence-corrected chi connectivity index (χ4v) is 5.77. The van der Waals surface area contributed by atoms with Gasteiger partial charge in [-0.2, -0.15) is 4.31 Å². The van der Waals surface area contributed by atoms with Crippen LogP contribution in [-0.2, 0) is 14.8 Å². The molecule has 134 valence electrons. The molecule has 0 spiro atoms. The highest BCUT2D eigenvalue weighted by molar-refractivity contribution is 7.89. The molecule has 3 saturated heterocycles. The Bertz CT molecular complexity index is 471. The number of hydrogen-bond donors (Lipinski definition) is 0. The monoisotopic (exact) mass is 345 g/mol. The molecule has 0 aliphatic carbocycles. The van der Waals surface area contributed by atoms with Crippen LogP contribution >= 0.6 is 0 Å². The van der Waals surface area contributed by atoms with Gasteiger partial charge in [0.15, 0.2) is 0 Å². The van der Waals surface area contributed by atoms with Crippen LogP contribution < -0.4 is 0 Å². The maximum Gasteiger partial charge on any atom is 0.214 e. The summed E-state index contributed by atoms with van der Waals surface area (Å²) in [6.45, 7) is 6.62. The van der Waals surface area contributed by atoms with Gasteiger partial charge in [0.05, 0.1) is 12.4 Å². The number of likely N-dealkylation sites (N-methyl/N-ethyl adjacent to an activating group) is 1. The van der Waals surface area contributed by atoms with Crippen molar-refractivity contribution in [1.82, 2.24) is 14.1 Å². The fraction of sp³-hybridized carbons (Fsp3) is 1.00. The quantitative estimate of drug-likeness (QED) is 0.724. The van der Waals surface area contributed by atoms with Crippen molar-refractivity contribution in [3.8, 4) is 0 Å². The Hall–Kier alpha value is -0.210. The molecule has 6 nitrogen and oxygen atoms in total. The summed E-state index contributed by atoms with van der Waals surface area (Å²) in [5.74, 6) is 0.451. The molecular formula is C16H31N3O3S. The van der Waals surface area contributed by atoms with Gasteiger partial charge < -0.3 is 9.64 Å². The highest BCUT2D eigenvalue weighted by Gasteiger charge is 2.32. The first-order valence-corrected chi connectivity index (χ1v) is 10.6. The van der Waals surface area contributed by atoms with Crippen molar-refractivity contribution in [3.05, 3.63) is 0 Å². The van der Waals surface area contributed by atoms with Crippen molar-refractivity contribution < 1.29 is 13.2 Å². The molecule has 23 heavy (non-hydrogen) atoms. The molecule has 0 amide bonds. The molecule has 3 aliphatic heterocycles. The maximum absolute atomic E-state index is 12.5. The zero-order valence-corrected chi connectivity index (χ0v) is 15.1. The Labute approximate surface area is 140 Å². The zero-order valence-electron chi connectivity index (χ0n) is 14.3. The molecule has 2 atom stereocenters. The van der Waals surface area contributed by atoms with E-state index in [1.165, 1.54) is 25.8 Å². The number of sulfonamides is 1. The highest BCUT2D eigenvalue weighted by Crippen LogP contribution is 2.20. The molecule has 2 unspecified atom stereocenters. The van der Waals surface area contributed by atoms with Gasteiger partial charge in [0.25, 0.3) is 0 Å².